The zero-order valence-corrected chi connectivity index (χ0v) is 22.5. The molecular weight excluding hydrogens is 492 g/mol. The van der Waals surface area contributed by atoms with Crippen molar-refractivity contribution >= 4 is 64.1 Å². The van der Waals surface area contributed by atoms with E-state index in [0.717, 1.165) is 21.8 Å². The highest BCUT2D eigenvalue weighted by atomic mass is 32.1. The number of hydrogen-bond donors (Lipinski definition) is 0. The lowest BCUT2D eigenvalue weighted by Gasteiger charge is -2.14. The minimum absolute atomic E-state index is 0.951. The van der Waals surface area contributed by atoms with Crippen LogP contribution in [0.2, 0.25) is 0 Å². The summed E-state index contributed by atoms with van der Waals surface area (Å²) in [6.45, 7) is 4.38. The molecule has 184 valence electrons. The van der Waals surface area contributed by atoms with Crippen LogP contribution in [0.15, 0.2) is 109 Å². The molecule has 0 amide bonds. The average Bonchev–Trinajstić information content (AvgIpc) is 3.34. The molecule has 0 saturated carbocycles. The second kappa shape index (κ2) is 8.45. The first-order valence-corrected chi connectivity index (χ1v) is 14.1. The maximum Gasteiger partial charge on any atom is 0.0971 e. The van der Waals surface area contributed by atoms with Crippen LogP contribution in [0.5, 0.6) is 0 Å². The van der Waals surface area contributed by atoms with Crippen molar-refractivity contribution in [2.24, 2.45) is 0 Å². The van der Waals surface area contributed by atoms with Crippen molar-refractivity contribution < 1.29 is 0 Å². The maximum atomic E-state index is 4.74. The van der Waals surface area contributed by atoms with E-state index >= 15 is 0 Å². The number of fused-ring (bicyclic) bond motifs is 9. The third-order valence-corrected chi connectivity index (χ3v) is 9.06. The summed E-state index contributed by atoms with van der Waals surface area (Å²) in [6, 6.07) is 35.7. The van der Waals surface area contributed by atoms with E-state index in [1.54, 1.807) is 12.4 Å². The van der Waals surface area contributed by atoms with Gasteiger partial charge >= 0.3 is 0 Å². The summed E-state index contributed by atoms with van der Waals surface area (Å²) in [7, 11) is 0. The molecule has 2 aromatic heterocycles. The van der Waals surface area contributed by atoms with Gasteiger partial charge in [0.2, 0.25) is 0 Å². The lowest BCUT2D eigenvalue weighted by Crippen LogP contribution is -1.90. The van der Waals surface area contributed by atoms with Gasteiger partial charge in [-0.2, -0.15) is 0 Å². The first-order valence-electron chi connectivity index (χ1n) is 13.2. The number of aryl methyl sites for hydroxylation is 2. The van der Waals surface area contributed by atoms with Gasteiger partial charge in [0.1, 0.15) is 0 Å². The molecule has 0 aliphatic carbocycles. The van der Waals surface area contributed by atoms with Crippen LogP contribution in [0.4, 0.5) is 0 Å². The van der Waals surface area contributed by atoms with Crippen molar-refractivity contribution in [2.45, 2.75) is 13.8 Å². The lowest BCUT2D eigenvalue weighted by atomic mass is 9.90. The van der Waals surface area contributed by atoms with Gasteiger partial charge in [0.15, 0.2) is 0 Å². The van der Waals surface area contributed by atoms with Crippen molar-refractivity contribution in [3.8, 4) is 22.3 Å². The minimum atomic E-state index is 0.951. The van der Waals surface area contributed by atoms with Gasteiger partial charge in [0.05, 0.1) is 11.0 Å². The summed E-state index contributed by atoms with van der Waals surface area (Å²) in [5.74, 6) is 0. The van der Waals surface area contributed by atoms with Gasteiger partial charge in [0.25, 0.3) is 0 Å². The smallest absolute Gasteiger partial charge is 0.0971 e. The van der Waals surface area contributed by atoms with E-state index in [9.17, 15) is 0 Å². The molecule has 2 heterocycles. The predicted octanol–water partition coefficient (Wildman–Crippen LogP) is 10.3. The number of rotatable bonds is 2. The third-order valence-electron chi connectivity index (χ3n) is 7.84. The summed E-state index contributed by atoms with van der Waals surface area (Å²) in [5, 5.41) is 7.38. The Bertz CT molecular complexity index is 2220. The summed E-state index contributed by atoms with van der Waals surface area (Å²) in [5.41, 5.74) is 9.49. The Hall–Kier alpha value is -4.60. The van der Waals surface area contributed by atoms with Crippen molar-refractivity contribution in [3.05, 3.63) is 121 Å². The first-order chi connectivity index (χ1) is 19.2. The van der Waals surface area contributed by atoms with Crippen molar-refractivity contribution in [1.29, 1.82) is 0 Å². The molecular formula is C36H24N2S. The molecule has 2 nitrogen and oxygen atoms in total. The fraction of sp³-hybridized carbons (Fsp3) is 0.0556. The SMILES string of the molecule is Cc1ccc2sc3c(-c4ccccc4-c4ccc5c(c4)c4ccccc4c4nccnc54)cc(C)cc3c2c1. The highest BCUT2D eigenvalue weighted by Crippen LogP contribution is 2.44. The van der Waals surface area contributed by atoms with Crippen LogP contribution in [0.3, 0.4) is 0 Å². The second-order valence-electron chi connectivity index (χ2n) is 10.4. The van der Waals surface area contributed by atoms with Crippen molar-refractivity contribution in [2.75, 3.05) is 0 Å². The van der Waals surface area contributed by atoms with Gasteiger partial charge in [-0.05, 0) is 77.2 Å². The Morgan fingerprint density at radius 3 is 2.00 bits per heavy atom. The molecule has 0 radical (unpaired) electrons. The van der Waals surface area contributed by atoms with Gasteiger partial charge in [0, 0.05) is 48.9 Å². The molecule has 0 aliphatic rings. The molecule has 6 aromatic carbocycles. The number of benzene rings is 6. The second-order valence-corrected chi connectivity index (χ2v) is 11.4. The fourth-order valence-electron chi connectivity index (χ4n) is 6.10. The molecule has 0 atom stereocenters. The number of aromatic nitrogens is 2. The molecule has 3 heteroatoms. The van der Waals surface area contributed by atoms with E-state index in [0.29, 0.717) is 0 Å². The van der Waals surface area contributed by atoms with Crippen LogP contribution >= 0.6 is 11.3 Å². The Balaban J connectivity index is 1.42. The van der Waals surface area contributed by atoms with Crippen molar-refractivity contribution in [3.63, 3.8) is 0 Å². The molecule has 0 spiro atoms. The number of thiophene rings is 1. The zero-order chi connectivity index (χ0) is 26.1. The highest BCUT2D eigenvalue weighted by molar-refractivity contribution is 7.26. The van der Waals surface area contributed by atoms with Gasteiger partial charge in [-0.3, -0.25) is 9.97 Å². The minimum Gasteiger partial charge on any atom is -0.252 e. The van der Waals surface area contributed by atoms with Crippen LogP contribution in [0.25, 0.3) is 75.0 Å². The van der Waals surface area contributed by atoms with Crippen LogP contribution < -0.4 is 0 Å². The van der Waals surface area contributed by atoms with Gasteiger partial charge in [-0.1, -0.05) is 72.3 Å². The fourth-order valence-corrected chi connectivity index (χ4v) is 7.30. The molecule has 8 aromatic rings. The molecule has 39 heavy (non-hydrogen) atoms. The van der Waals surface area contributed by atoms with Gasteiger partial charge < -0.3 is 0 Å². The van der Waals surface area contributed by atoms with Crippen LogP contribution in [0, 0.1) is 13.8 Å². The Kier molecular flexibility index (Phi) is 4.85. The van der Waals surface area contributed by atoms with Gasteiger partial charge in [-0.25, -0.2) is 0 Å². The van der Waals surface area contributed by atoms with E-state index in [1.165, 1.54) is 64.3 Å². The normalized spacial score (nSPS) is 11.8. The maximum absolute atomic E-state index is 4.74. The van der Waals surface area contributed by atoms with E-state index in [4.69, 9.17) is 9.97 Å². The number of hydrogen-bond acceptors (Lipinski definition) is 3. The van der Waals surface area contributed by atoms with E-state index < -0.39 is 0 Å². The zero-order valence-electron chi connectivity index (χ0n) is 21.7. The van der Waals surface area contributed by atoms with Crippen LogP contribution in [-0.2, 0) is 0 Å². The Labute approximate surface area is 230 Å². The summed E-state index contributed by atoms with van der Waals surface area (Å²) in [6.07, 6.45) is 3.57. The summed E-state index contributed by atoms with van der Waals surface area (Å²) >= 11 is 1.90. The van der Waals surface area contributed by atoms with E-state index in [1.807, 2.05) is 11.3 Å². The third kappa shape index (κ3) is 3.40. The molecule has 0 fully saturated rings. The van der Waals surface area contributed by atoms with Gasteiger partial charge in [-0.15, -0.1) is 11.3 Å². The van der Waals surface area contributed by atoms with Crippen molar-refractivity contribution in [1.82, 2.24) is 9.97 Å². The topological polar surface area (TPSA) is 25.8 Å². The lowest BCUT2D eigenvalue weighted by molar-refractivity contribution is 1.31. The quantitative estimate of drug-likeness (QED) is 0.214. The van der Waals surface area contributed by atoms with E-state index in [-0.39, 0.29) is 0 Å². The largest absolute Gasteiger partial charge is 0.252 e. The molecule has 0 bridgehead atoms. The highest BCUT2D eigenvalue weighted by Gasteiger charge is 2.16. The molecule has 0 saturated heterocycles. The standard InChI is InChI=1S/C36H24N2S/c1-21-11-14-33-30(17-21)32-19-22(2)18-31(36(32)39-33)25-8-4-3-7-24(25)23-12-13-28-29(20-23)26-9-5-6-10-27(26)34-35(28)38-16-15-37-34/h3-20H,1-2H3. The summed E-state index contributed by atoms with van der Waals surface area (Å²) in [4.78, 5) is 9.43. The van der Waals surface area contributed by atoms with E-state index in [2.05, 4.69) is 111 Å². The molecule has 8 rings (SSSR count). The van der Waals surface area contributed by atoms with Crippen LogP contribution in [-0.4, -0.2) is 9.97 Å². The summed E-state index contributed by atoms with van der Waals surface area (Å²) < 4.78 is 2.69. The average molecular weight is 517 g/mol. The number of nitrogens with zero attached hydrogens (tertiary/aromatic N) is 2. The monoisotopic (exact) mass is 516 g/mol. The predicted molar refractivity (Wildman–Crippen MR) is 168 cm³/mol. The molecule has 0 aliphatic heterocycles. The first kappa shape index (κ1) is 22.4. The van der Waals surface area contributed by atoms with Crippen LogP contribution in [0.1, 0.15) is 11.1 Å². The molecule has 0 N–H and O–H groups in total. The Morgan fingerprint density at radius 1 is 0.487 bits per heavy atom. The molecule has 0 unspecified atom stereocenters. The Morgan fingerprint density at radius 2 is 1.18 bits per heavy atom.